The molecule has 0 aromatic carbocycles. The second-order valence-corrected chi connectivity index (χ2v) is 8.69. The number of rotatable bonds is 2. The molecule has 2 aliphatic rings. The Morgan fingerprint density at radius 2 is 1.62 bits per heavy atom. The molecule has 142 valence electrons. The molecule has 26 heavy (non-hydrogen) atoms. The van der Waals surface area contributed by atoms with Gasteiger partial charge in [-0.1, -0.05) is 27.7 Å². The quantitative estimate of drug-likeness (QED) is 0.881. The fraction of sp³-hybridized carbons (Fsp3) is 0.650. The lowest BCUT2D eigenvalue weighted by Crippen LogP contribution is -2.51. The van der Waals surface area contributed by atoms with Gasteiger partial charge in [-0.3, -0.25) is 14.4 Å². The maximum absolute atomic E-state index is 13.0. The van der Waals surface area contributed by atoms with Crippen LogP contribution in [0.4, 0.5) is 0 Å². The van der Waals surface area contributed by atoms with Crippen LogP contribution in [0.1, 0.15) is 66.2 Å². The van der Waals surface area contributed by atoms with Crippen LogP contribution in [0.2, 0.25) is 0 Å². The van der Waals surface area contributed by atoms with Crippen molar-refractivity contribution in [1.29, 1.82) is 0 Å². The third-order valence-corrected chi connectivity index (χ3v) is 5.49. The van der Waals surface area contributed by atoms with Crippen LogP contribution in [0.25, 0.3) is 0 Å². The van der Waals surface area contributed by atoms with Gasteiger partial charge in [0.2, 0.25) is 5.91 Å². The molecule has 6 nitrogen and oxygen atoms in total. The Morgan fingerprint density at radius 1 is 1.04 bits per heavy atom. The van der Waals surface area contributed by atoms with Crippen molar-refractivity contribution < 1.29 is 14.4 Å². The molecule has 2 heterocycles. The average molecular weight is 359 g/mol. The van der Waals surface area contributed by atoms with Crippen LogP contribution in [0, 0.1) is 18.3 Å². The van der Waals surface area contributed by atoms with Crippen molar-refractivity contribution in [1.82, 2.24) is 14.8 Å². The summed E-state index contributed by atoms with van der Waals surface area (Å²) in [5.74, 6) is 0.163. The molecule has 6 heteroatoms. The van der Waals surface area contributed by atoms with Crippen molar-refractivity contribution in [2.45, 2.75) is 47.5 Å². The summed E-state index contributed by atoms with van der Waals surface area (Å²) < 4.78 is 0. The molecular weight excluding hydrogens is 330 g/mol. The van der Waals surface area contributed by atoms with Crippen molar-refractivity contribution in [3.63, 3.8) is 0 Å². The number of nitrogens with zero attached hydrogens (tertiary/aromatic N) is 2. The summed E-state index contributed by atoms with van der Waals surface area (Å²) in [6.07, 6.45) is 1.29. The fourth-order valence-corrected chi connectivity index (χ4v) is 4.10. The lowest BCUT2D eigenvalue weighted by molar-refractivity contribution is -0.135. The van der Waals surface area contributed by atoms with E-state index >= 15 is 0 Å². The van der Waals surface area contributed by atoms with Gasteiger partial charge in [0.1, 0.15) is 5.69 Å². The van der Waals surface area contributed by atoms with Gasteiger partial charge in [0.25, 0.3) is 5.91 Å². The number of aromatic nitrogens is 1. The number of hydrogen-bond donors (Lipinski definition) is 1. The second kappa shape index (κ2) is 6.56. The van der Waals surface area contributed by atoms with E-state index in [1.807, 2.05) is 25.7 Å². The predicted octanol–water partition coefficient (Wildman–Crippen LogP) is 2.42. The Bertz CT molecular complexity index is 753. The Labute approximate surface area is 154 Å². The minimum Gasteiger partial charge on any atom is -0.354 e. The molecule has 0 spiro atoms. The van der Waals surface area contributed by atoms with Crippen molar-refractivity contribution in [2.24, 2.45) is 11.3 Å². The van der Waals surface area contributed by atoms with Crippen molar-refractivity contribution in [2.75, 3.05) is 26.2 Å². The number of H-pyrrole nitrogens is 1. The monoisotopic (exact) mass is 359 g/mol. The van der Waals surface area contributed by atoms with Gasteiger partial charge in [0, 0.05) is 49.8 Å². The number of aromatic amines is 1. The number of carbonyl (C=O) groups excluding carboxylic acids is 3. The highest BCUT2D eigenvalue weighted by molar-refractivity contribution is 6.04. The Kier molecular flexibility index (Phi) is 4.71. The van der Waals surface area contributed by atoms with Crippen molar-refractivity contribution in [3.8, 4) is 0 Å². The van der Waals surface area contributed by atoms with E-state index in [9.17, 15) is 14.4 Å². The predicted molar refractivity (Wildman–Crippen MR) is 99.3 cm³/mol. The molecule has 3 rings (SSSR count). The van der Waals surface area contributed by atoms with Gasteiger partial charge in [-0.15, -0.1) is 0 Å². The maximum Gasteiger partial charge on any atom is 0.270 e. The molecule has 2 amide bonds. The normalized spacial score (nSPS) is 19.7. The van der Waals surface area contributed by atoms with E-state index in [0.717, 1.165) is 17.7 Å². The lowest BCUT2D eigenvalue weighted by Gasteiger charge is -2.35. The molecule has 0 radical (unpaired) electrons. The first-order valence-corrected chi connectivity index (χ1v) is 9.43. The number of amides is 2. The maximum atomic E-state index is 13.0. The second-order valence-electron chi connectivity index (χ2n) is 8.69. The SMILES string of the molecule is Cc1c(C(=O)N2CCN(C(=O)C(C)C)CC2)[nH]c2c1C(=O)CC(C)(C)C2. The molecule has 1 fully saturated rings. The number of carbonyl (C=O) groups is 3. The summed E-state index contributed by atoms with van der Waals surface area (Å²) in [4.78, 5) is 44.5. The Balaban J connectivity index is 1.76. The van der Waals surface area contributed by atoms with Crippen LogP contribution < -0.4 is 0 Å². The van der Waals surface area contributed by atoms with Gasteiger partial charge in [-0.05, 0) is 24.3 Å². The van der Waals surface area contributed by atoms with E-state index in [1.165, 1.54) is 0 Å². The van der Waals surface area contributed by atoms with Crippen LogP contribution in [0.3, 0.4) is 0 Å². The summed E-state index contributed by atoms with van der Waals surface area (Å²) >= 11 is 0. The summed E-state index contributed by atoms with van der Waals surface area (Å²) in [5, 5.41) is 0. The van der Waals surface area contributed by atoms with Gasteiger partial charge in [0.15, 0.2) is 5.78 Å². The van der Waals surface area contributed by atoms with Gasteiger partial charge in [0.05, 0.1) is 0 Å². The first kappa shape index (κ1) is 18.7. The first-order valence-electron chi connectivity index (χ1n) is 9.43. The summed E-state index contributed by atoms with van der Waals surface area (Å²) in [7, 11) is 0. The van der Waals surface area contributed by atoms with Crippen LogP contribution in [0.15, 0.2) is 0 Å². The molecule has 1 N–H and O–H groups in total. The third kappa shape index (κ3) is 3.29. The van der Waals surface area contributed by atoms with Gasteiger partial charge in [-0.2, -0.15) is 0 Å². The van der Waals surface area contributed by atoms with Gasteiger partial charge < -0.3 is 14.8 Å². The van der Waals surface area contributed by atoms with E-state index in [2.05, 4.69) is 18.8 Å². The zero-order chi connectivity index (χ0) is 19.2. The summed E-state index contributed by atoms with van der Waals surface area (Å²) in [5.41, 5.74) is 2.82. The fourth-order valence-electron chi connectivity index (χ4n) is 4.10. The summed E-state index contributed by atoms with van der Waals surface area (Å²) in [6, 6.07) is 0. The average Bonchev–Trinajstić information content (AvgIpc) is 2.88. The molecule has 1 aromatic rings. The number of piperazine rings is 1. The van der Waals surface area contributed by atoms with Crippen molar-refractivity contribution in [3.05, 3.63) is 22.5 Å². The van der Waals surface area contributed by atoms with E-state index in [4.69, 9.17) is 0 Å². The number of nitrogens with one attached hydrogen (secondary N) is 1. The highest BCUT2D eigenvalue weighted by atomic mass is 16.2. The van der Waals surface area contributed by atoms with Gasteiger partial charge in [-0.25, -0.2) is 0 Å². The van der Waals surface area contributed by atoms with E-state index in [0.29, 0.717) is 43.9 Å². The molecule has 0 saturated carbocycles. The Morgan fingerprint density at radius 3 is 2.19 bits per heavy atom. The first-order chi connectivity index (χ1) is 12.1. The minimum atomic E-state index is -0.0788. The molecule has 1 aliphatic heterocycles. The molecule has 1 saturated heterocycles. The van der Waals surface area contributed by atoms with E-state index in [1.54, 1.807) is 4.90 Å². The summed E-state index contributed by atoms with van der Waals surface area (Å²) in [6.45, 7) is 12.0. The standard InChI is InChI=1S/C20H29N3O3/c1-12(2)18(25)22-6-8-23(9-7-22)19(26)17-13(3)16-14(21-17)10-20(4,5)11-15(16)24/h12,21H,6-11H2,1-5H3. The third-order valence-electron chi connectivity index (χ3n) is 5.49. The molecule has 1 aromatic heterocycles. The molecular formula is C20H29N3O3. The lowest BCUT2D eigenvalue weighted by atomic mass is 9.75. The van der Waals surface area contributed by atoms with E-state index < -0.39 is 0 Å². The number of hydrogen-bond acceptors (Lipinski definition) is 3. The van der Waals surface area contributed by atoms with E-state index in [-0.39, 0.29) is 28.9 Å². The number of ketones is 1. The largest absolute Gasteiger partial charge is 0.354 e. The number of Topliss-reactive ketones (excluding diaryl/α,β-unsaturated/α-hetero) is 1. The van der Waals surface area contributed by atoms with Crippen LogP contribution in [-0.4, -0.2) is 58.6 Å². The van der Waals surface area contributed by atoms with Crippen molar-refractivity contribution >= 4 is 17.6 Å². The Hall–Kier alpha value is -2.11. The minimum absolute atomic E-state index is 0.0241. The van der Waals surface area contributed by atoms with Crippen LogP contribution in [0.5, 0.6) is 0 Å². The smallest absolute Gasteiger partial charge is 0.270 e. The highest BCUT2D eigenvalue weighted by Gasteiger charge is 2.36. The zero-order valence-corrected chi connectivity index (χ0v) is 16.4. The topological polar surface area (TPSA) is 73.5 Å². The molecule has 0 unspecified atom stereocenters. The van der Waals surface area contributed by atoms with Crippen LogP contribution in [-0.2, 0) is 11.2 Å². The van der Waals surface area contributed by atoms with Crippen LogP contribution >= 0.6 is 0 Å². The van der Waals surface area contributed by atoms with Gasteiger partial charge >= 0.3 is 0 Å². The molecule has 0 bridgehead atoms. The molecule has 0 atom stereocenters. The highest BCUT2D eigenvalue weighted by Crippen LogP contribution is 2.36. The number of fused-ring (bicyclic) bond motifs is 1. The zero-order valence-electron chi connectivity index (χ0n) is 16.4. The molecule has 1 aliphatic carbocycles.